The number of carbonyl (C=O) groups is 2. The standard InChI is InChI=1S/C17H17ClN2O4/c18-12-3-1-2-11(8-12)14-9-15(24-20-14)16(21)19-13-6-4-10(5-7-13)17(22)23/h1-3,8-10,13H,4-7H2,(H,19,21)(H,22,23). The topological polar surface area (TPSA) is 92.4 Å². The van der Waals surface area contributed by atoms with E-state index in [1.165, 1.54) is 0 Å². The number of carbonyl (C=O) groups excluding carboxylic acids is 1. The number of amides is 1. The Hall–Kier alpha value is -2.34. The Morgan fingerprint density at radius 2 is 1.96 bits per heavy atom. The summed E-state index contributed by atoms with van der Waals surface area (Å²) in [4.78, 5) is 23.2. The summed E-state index contributed by atoms with van der Waals surface area (Å²) in [5.41, 5.74) is 1.31. The van der Waals surface area contributed by atoms with Gasteiger partial charge in [0, 0.05) is 22.7 Å². The highest BCUT2D eigenvalue weighted by Gasteiger charge is 2.27. The summed E-state index contributed by atoms with van der Waals surface area (Å²) in [6.07, 6.45) is 2.45. The Morgan fingerprint density at radius 1 is 1.21 bits per heavy atom. The van der Waals surface area contributed by atoms with Crippen molar-refractivity contribution >= 4 is 23.5 Å². The van der Waals surface area contributed by atoms with Gasteiger partial charge < -0.3 is 14.9 Å². The number of aromatic nitrogens is 1. The molecule has 126 valence electrons. The van der Waals surface area contributed by atoms with Crippen LogP contribution >= 0.6 is 11.6 Å². The van der Waals surface area contributed by atoms with Gasteiger partial charge >= 0.3 is 5.97 Å². The summed E-state index contributed by atoms with van der Waals surface area (Å²) >= 11 is 5.95. The minimum Gasteiger partial charge on any atom is -0.481 e. The molecule has 7 heteroatoms. The predicted octanol–water partition coefficient (Wildman–Crippen LogP) is 3.37. The van der Waals surface area contributed by atoms with Crippen LogP contribution in [0.5, 0.6) is 0 Å². The molecule has 0 saturated heterocycles. The Kier molecular flexibility index (Phi) is 4.85. The quantitative estimate of drug-likeness (QED) is 0.883. The zero-order valence-corrected chi connectivity index (χ0v) is 13.6. The van der Waals surface area contributed by atoms with Gasteiger partial charge in [0.1, 0.15) is 5.69 Å². The normalized spacial score (nSPS) is 20.5. The number of nitrogens with one attached hydrogen (secondary N) is 1. The molecule has 1 aliphatic rings. The van der Waals surface area contributed by atoms with Gasteiger partial charge in [-0.15, -0.1) is 0 Å². The monoisotopic (exact) mass is 348 g/mol. The van der Waals surface area contributed by atoms with Crippen molar-refractivity contribution in [3.05, 3.63) is 41.1 Å². The third-order valence-electron chi connectivity index (χ3n) is 4.27. The predicted molar refractivity (Wildman–Crippen MR) is 87.8 cm³/mol. The summed E-state index contributed by atoms with van der Waals surface area (Å²) < 4.78 is 5.12. The van der Waals surface area contributed by atoms with Crippen LogP contribution in [0, 0.1) is 5.92 Å². The molecular formula is C17H17ClN2O4. The maximum atomic E-state index is 12.3. The number of hydrogen-bond acceptors (Lipinski definition) is 4. The first-order chi connectivity index (χ1) is 11.5. The lowest BCUT2D eigenvalue weighted by atomic mass is 9.86. The molecule has 2 N–H and O–H groups in total. The fraction of sp³-hybridized carbons (Fsp3) is 0.353. The Labute approximate surface area is 143 Å². The molecule has 6 nitrogen and oxygen atoms in total. The number of benzene rings is 1. The second kappa shape index (κ2) is 7.05. The Bertz CT molecular complexity index is 751. The number of aliphatic carboxylic acids is 1. The van der Waals surface area contributed by atoms with Crippen molar-refractivity contribution < 1.29 is 19.2 Å². The minimum absolute atomic E-state index is 0.0344. The molecule has 0 radical (unpaired) electrons. The molecule has 1 saturated carbocycles. The first-order valence-corrected chi connectivity index (χ1v) is 8.17. The van der Waals surface area contributed by atoms with Gasteiger partial charge in [0.15, 0.2) is 0 Å². The minimum atomic E-state index is -0.763. The van der Waals surface area contributed by atoms with Crippen LogP contribution in [-0.4, -0.2) is 28.2 Å². The van der Waals surface area contributed by atoms with Crippen molar-refractivity contribution in [2.24, 2.45) is 5.92 Å². The lowest BCUT2D eigenvalue weighted by Gasteiger charge is -2.26. The van der Waals surface area contributed by atoms with Crippen LogP contribution in [0.15, 0.2) is 34.9 Å². The summed E-state index contributed by atoms with van der Waals surface area (Å²) in [5, 5.41) is 16.4. The molecule has 0 atom stereocenters. The van der Waals surface area contributed by atoms with Gasteiger partial charge in [0.25, 0.3) is 5.91 Å². The molecule has 1 aromatic heterocycles. The highest BCUT2D eigenvalue weighted by molar-refractivity contribution is 6.30. The van der Waals surface area contributed by atoms with Gasteiger partial charge in [-0.1, -0.05) is 28.9 Å². The number of rotatable bonds is 4. The summed E-state index contributed by atoms with van der Waals surface area (Å²) in [6, 6.07) is 8.67. The maximum Gasteiger partial charge on any atom is 0.306 e. The molecule has 0 spiro atoms. The second-order valence-electron chi connectivity index (χ2n) is 5.95. The maximum absolute atomic E-state index is 12.3. The van der Waals surface area contributed by atoms with Crippen molar-refractivity contribution in [2.45, 2.75) is 31.7 Å². The van der Waals surface area contributed by atoms with Gasteiger partial charge in [-0.05, 0) is 37.8 Å². The summed E-state index contributed by atoms with van der Waals surface area (Å²) in [5.74, 6) is -1.28. The highest BCUT2D eigenvalue weighted by Crippen LogP contribution is 2.25. The molecule has 24 heavy (non-hydrogen) atoms. The fourth-order valence-electron chi connectivity index (χ4n) is 2.91. The fourth-order valence-corrected chi connectivity index (χ4v) is 3.10. The van der Waals surface area contributed by atoms with E-state index < -0.39 is 5.97 Å². The number of carboxylic acids is 1. The van der Waals surface area contributed by atoms with Crippen molar-refractivity contribution in [2.75, 3.05) is 0 Å². The lowest BCUT2D eigenvalue weighted by molar-refractivity contribution is -0.142. The van der Waals surface area contributed by atoms with E-state index in [1.54, 1.807) is 24.3 Å². The largest absolute Gasteiger partial charge is 0.481 e. The average molecular weight is 349 g/mol. The Morgan fingerprint density at radius 3 is 2.62 bits per heavy atom. The molecule has 0 bridgehead atoms. The van der Waals surface area contributed by atoms with E-state index in [0.717, 1.165) is 5.56 Å². The van der Waals surface area contributed by atoms with E-state index in [2.05, 4.69) is 10.5 Å². The zero-order valence-electron chi connectivity index (χ0n) is 12.9. The van der Waals surface area contributed by atoms with E-state index in [0.29, 0.717) is 36.4 Å². The Balaban J connectivity index is 1.61. The molecule has 2 aromatic rings. The van der Waals surface area contributed by atoms with E-state index in [9.17, 15) is 9.59 Å². The SMILES string of the molecule is O=C(NC1CCC(C(=O)O)CC1)c1cc(-c2cccc(Cl)c2)no1. The van der Waals surface area contributed by atoms with Crippen LogP contribution in [0.25, 0.3) is 11.3 Å². The van der Waals surface area contributed by atoms with E-state index >= 15 is 0 Å². The average Bonchev–Trinajstić information content (AvgIpc) is 3.05. The molecule has 1 aromatic carbocycles. The zero-order chi connectivity index (χ0) is 17.1. The van der Waals surface area contributed by atoms with Gasteiger partial charge in [-0.3, -0.25) is 9.59 Å². The lowest BCUT2D eigenvalue weighted by Crippen LogP contribution is -2.38. The van der Waals surface area contributed by atoms with Crippen LogP contribution in [0.1, 0.15) is 36.2 Å². The first kappa shape index (κ1) is 16.5. The molecule has 0 aliphatic heterocycles. The molecule has 1 aliphatic carbocycles. The molecule has 3 rings (SSSR count). The van der Waals surface area contributed by atoms with Crippen LogP contribution in [0.3, 0.4) is 0 Å². The third kappa shape index (κ3) is 3.76. The van der Waals surface area contributed by atoms with Gasteiger partial charge in [0.2, 0.25) is 5.76 Å². The van der Waals surface area contributed by atoms with Crippen molar-refractivity contribution in [3.8, 4) is 11.3 Å². The third-order valence-corrected chi connectivity index (χ3v) is 4.50. The summed E-state index contributed by atoms with van der Waals surface area (Å²) in [7, 11) is 0. The number of hydrogen-bond donors (Lipinski definition) is 2. The van der Waals surface area contributed by atoms with Crippen LogP contribution < -0.4 is 5.32 Å². The molecular weight excluding hydrogens is 332 g/mol. The number of carboxylic acid groups (broad SMARTS) is 1. The van der Waals surface area contributed by atoms with Crippen LogP contribution in [0.2, 0.25) is 5.02 Å². The van der Waals surface area contributed by atoms with Crippen LogP contribution in [-0.2, 0) is 4.79 Å². The molecule has 1 fully saturated rings. The van der Waals surface area contributed by atoms with E-state index in [-0.39, 0.29) is 23.6 Å². The van der Waals surface area contributed by atoms with Gasteiger partial charge in [0.05, 0.1) is 5.92 Å². The first-order valence-electron chi connectivity index (χ1n) is 7.79. The summed E-state index contributed by atoms with van der Waals surface area (Å²) in [6.45, 7) is 0. The van der Waals surface area contributed by atoms with Crippen LogP contribution in [0.4, 0.5) is 0 Å². The molecule has 1 amide bonds. The number of halogens is 1. The van der Waals surface area contributed by atoms with Crippen molar-refractivity contribution in [3.63, 3.8) is 0 Å². The molecule has 0 unspecified atom stereocenters. The van der Waals surface area contributed by atoms with Crippen molar-refractivity contribution in [1.82, 2.24) is 10.5 Å². The van der Waals surface area contributed by atoms with Gasteiger partial charge in [-0.25, -0.2) is 0 Å². The van der Waals surface area contributed by atoms with E-state index in [1.807, 2.05) is 6.07 Å². The second-order valence-corrected chi connectivity index (χ2v) is 6.38. The van der Waals surface area contributed by atoms with E-state index in [4.69, 9.17) is 21.2 Å². The highest BCUT2D eigenvalue weighted by atomic mass is 35.5. The number of nitrogens with zero attached hydrogens (tertiary/aromatic N) is 1. The van der Waals surface area contributed by atoms with Crippen molar-refractivity contribution in [1.29, 1.82) is 0 Å². The smallest absolute Gasteiger partial charge is 0.306 e. The molecule has 1 heterocycles. The van der Waals surface area contributed by atoms with Gasteiger partial charge in [-0.2, -0.15) is 0 Å².